The summed E-state index contributed by atoms with van der Waals surface area (Å²) in [6.45, 7) is 5.38. The molecule has 4 rings (SSSR count). The second kappa shape index (κ2) is 5.27. The van der Waals surface area contributed by atoms with Crippen LogP contribution in [0, 0.1) is 28.1 Å². The van der Waals surface area contributed by atoms with Gasteiger partial charge in [-0.25, -0.2) is 0 Å². The van der Waals surface area contributed by atoms with Crippen LogP contribution in [-0.2, 0) is 14.3 Å². The zero-order valence-electron chi connectivity index (χ0n) is 15.3. The molecule has 0 aromatic heterocycles. The minimum absolute atomic E-state index is 0.0304. The average molecular weight is 330 g/mol. The first kappa shape index (κ1) is 16.5. The molecule has 24 heavy (non-hydrogen) atoms. The summed E-state index contributed by atoms with van der Waals surface area (Å²) in [4.78, 5) is 24.6. The largest absolute Gasteiger partial charge is 0.384 e. The quantitative estimate of drug-likeness (QED) is 0.716. The Balaban J connectivity index is 1.79. The maximum absolute atomic E-state index is 12.6. The van der Waals surface area contributed by atoms with Crippen LogP contribution < -0.4 is 0 Å². The van der Waals surface area contributed by atoms with Crippen LogP contribution in [0.15, 0.2) is 11.6 Å². The number of carbonyl (C=O) groups is 2. The van der Waals surface area contributed by atoms with Gasteiger partial charge in [0.25, 0.3) is 0 Å². The van der Waals surface area contributed by atoms with E-state index in [0.29, 0.717) is 36.2 Å². The lowest BCUT2D eigenvalue weighted by Crippen LogP contribution is -2.58. The lowest BCUT2D eigenvalue weighted by Gasteiger charge is -2.62. The van der Waals surface area contributed by atoms with E-state index in [9.17, 15) is 9.59 Å². The normalized spacial score (nSPS) is 47.7. The molecule has 0 aromatic carbocycles. The monoisotopic (exact) mass is 330 g/mol. The first-order valence-corrected chi connectivity index (χ1v) is 9.60. The lowest BCUT2D eigenvalue weighted by atomic mass is 9.42. The Morgan fingerprint density at radius 1 is 1.12 bits per heavy atom. The molecule has 0 saturated heterocycles. The third-order valence-corrected chi connectivity index (χ3v) is 8.34. The number of rotatable bonds is 2. The summed E-state index contributed by atoms with van der Waals surface area (Å²) in [5, 5.41) is 0. The van der Waals surface area contributed by atoms with Crippen LogP contribution >= 0.6 is 0 Å². The Labute approximate surface area is 145 Å². The van der Waals surface area contributed by atoms with Crippen molar-refractivity contribution in [2.75, 3.05) is 13.7 Å². The van der Waals surface area contributed by atoms with Crippen LogP contribution in [0.1, 0.15) is 65.2 Å². The Morgan fingerprint density at radius 2 is 1.92 bits per heavy atom. The number of allylic oxidation sites excluding steroid dienone is 1. The van der Waals surface area contributed by atoms with Gasteiger partial charge in [0, 0.05) is 37.2 Å². The van der Waals surface area contributed by atoms with Gasteiger partial charge < -0.3 is 4.74 Å². The summed E-state index contributed by atoms with van der Waals surface area (Å²) >= 11 is 0. The Kier molecular flexibility index (Phi) is 3.62. The molecule has 0 aromatic rings. The first-order chi connectivity index (χ1) is 11.4. The van der Waals surface area contributed by atoms with Crippen molar-refractivity contribution in [2.24, 2.45) is 28.1 Å². The molecule has 4 aliphatic carbocycles. The molecule has 0 amide bonds. The molecule has 3 heteroatoms. The van der Waals surface area contributed by atoms with Crippen LogP contribution in [0.25, 0.3) is 0 Å². The highest BCUT2D eigenvalue weighted by atomic mass is 16.5. The van der Waals surface area contributed by atoms with E-state index in [2.05, 4.69) is 19.9 Å². The highest BCUT2D eigenvalue weighted by Gasteiger charge is 2.64. The van der Waals surface area contributed by atoms with Crippen LogP contribution in [-0.4, -0.2) is 25.3 Å². The minimum Gasteiger partial charge on any atom is -0.384 e. The summed E-state index contributed by atoms with van der Waals surface area (Å²) in [5.41, 5.74) is 1.43. The molecule has 3 nitrogen and oxygen atoms in total. The van der Waals surface area contributed by atoms with Crippen molar-refractivity contribution in [2.45, 2.75) is 65.2 Å². The number of carbonyl (C=O) groups excluding carboxylic acids is 2. The van der Waals surface area contributed by atoms with Gasteiger partial charge in [-0.3, -0.25) is 9.59 Å². The van der Waals surface area contributed by atoms with Crippen LogP contribution in [0.4, 0.5) is 0 Å². The first-order valence-electron chi connectivity index (χ1n) is 9.60. The molecule has 5 unspecified atom stereocenters. The Bertz CT molecular complexity index is 621. The second-order valence-corrected chi connectivity index (χ2v) is 9.27. The highest BCUT2D eigenvalue weighted by Crippen LogP contribution is 2.69. The zero-order valence-corrected chi connectivity index (χ0v) is 15.3. The van der Waals surface area contributed by atoms with Crippen molar-refractivity contribution in [1.29, 1.82) is 0 Å². The SMILES string of the molecule is COCC12CCC(=O)CC1=CCC1(C)C3CCC(=O)C3(C)CCC21. The third-order valence-electron chi connectivity index (χ3n) is 8.34. The van der Waals surface area contributed by atoms with Gasteiger partial charge in [0.15, 0.2) is 0 Å². The summed E-state index contributed by atoms with van der Waals surface area (Å²) in [6, 6.07) is 0. The summed E-state index contributed by atoms with van der Waals surface area (Å²) in [7, 11) is 1.79. The fraction of sp³-hybridized carbons (Fsp3) is 0.810. The van der Waals surface area contributed by atoms with E-state index in [0.717, 1.165) is 45.1 Å². The van der Waals surface area contributed by atoms with Gasteiger partial charge in [-0.05, 0) is 49.4 Å². The average Bonchev–Trinajstić information content (AvgIpc) is 2.85. The van der Waals surface area contributed by atoms with Gasteiger partial charge in [-0.1, -0.05) is 25.5 Å². The standard InChI is InChI=1S/C21H30O3/c1-19-9-6-14-12-15(22)7-11-21(14,13-24-3)17(19)8-10-20(2)16(19)4-5-18(20)23/h6,16-17H,4-5,7-13H2,1-3H3. The topological polar surface area (TPSA) is 43.4 Å². The van der Waals surface area contributed by atoms with Gasteiger partial charge in [-0.2, -0.15) is 0 Å². The van der Waals surface area contributed by atoms with Crippen LogP contribution in [0.5, 0.6) is 0 Å². The van der Waals surface area contributed by atoms with Gasteiger partial charge in [0.05, 0.1) is 6.61 Å². The van der Waals surface area contributed by atoms with Crippen LogP contribution in [0.3, 0.4) is 0 Å². The highest BCUT2D eigenvalue weighted by molar-refractivity contribution is 5.87. The van der Waals surface area contributed by atoms with Crippen molar-refractivity contribution in [3.63, 3.8) is 0 Å². The molecular weight excluding hydrogens is 300 g/mol. The van der Waals surface area contributed by atoms with E-state index in [1.165, 1.54) is 5.57 Å². The third kappa shape index (κ3) is 1.94. The van der Waals surface area contributed by atoms with Gasteiger partial charge >= 0.3 is 0 Å². The number of hydrogen-bond donors (Lipinski definition) is 0. The molecule has 0 heterocycles. The molecular formula is C21H30O3. The van der Waals surface area contributed by atoms with Crippen molar-refractivity contribution >= 4 is 11.6 Å². The summed E-state index contributed by atoms with van der Waals surface area (Å²) < 4.78 is 5.71. The van der Waals surface area contributed by atoms with E-state index in [4.69, 9.17) is 4.74 Å². The number of hydrogen-bond acceptors (Lipinski definition) is 3. The van der Waals surface area contributed by atoms with E-state index < -0.39 is 0 Å². The van der Waals surface area contributed by atoms with Crippen molar-refractivity contribution in [3.8, 4) is 0 Å². The summed E-state index contributed by atoms with van der Waals surface area (Å²) in [6.07, 6.45) is 9.56. The van der Waals surface area contributed by atoms with E-state index in [1.54, 1.807) is 7.11 Å². The summed E-state index contributed by atoms with van der Waals surface area (Å²) in [5.74, 6) is 1.90. The lowest BCUT2D eigenvalue weighted by molar-refractivity contribution is -0.146. The molecule has 0 N–H and O–H groups in total. The van der Waals surface area contributed by atoms with E-state index in [-0.39, 0.29) is 16.2 Å². The van der Waals surface area contributed by atoms with Crippen molar-refractivity contribution < 1.29 is 14.3 Å². The number of ketones is 2. The molecule has 3 fully saturated rings. The molecule has 0 aliphatic heterocycles. The number of fused-ring (bicyclic) bond motifs is 5. The molecule has 3 saturated carbocycles. The Hall–Kier alpha value is -0.960. The molecule has 132 valence electrons. The van der Waals surface area contributed by atoms with Crippen molar-refractivity contribution in [3.05, 3.63) is 11.6 Å². The fourth-order valence-corrected chi connectivity index (χ4v) is 7.19. The number of ether oxygens (including phenoxy) is 1. The smallest absolute Gasteiger partial charge is 0.139 e. The van der Waals surface area contributed by atoms with Gasteiger partial charge in [-0.15, -0.1) is 0 Å². The zero-order chi connectivity index (χ0) is 17.2. The van der Waals surface area contributed by atoms with Gasteiger partial charge in [0.2, 0.25) is 0 Å². The molecule has 4 aliphatic rings. The fourth-order valence-electron chi connectivity index (χ4n) is 7.19. The van der Waals surface area contributed by atoms with Gasteiger partial charge in [0.1, 0.15) is 11.6 Å². The maximum Gasteiger partial charge on any atom is 0.139 e. The van der Waals surface area contributed by atoms with E-state index in [1.807, 2.05) is 0 Å². The Morgan fingerprint density at radius 3 is 2.67 bits per heavy atom. The number of Topliss-reactive ketones (excluding diaryl/α,β-unsaturated/α-hetero) is 2. The minimum atomic E-state index is -0.116. The number of methoxy groups -OCH3 is 1. The van der Waals surface area contributed by atoms with Crippen molar-refractivity contribution in [1.82, 2.24) is 0 Å². The van der Waals surface area contributed by atoms with Crippen LogP contribution in [0.2, 0.25) is 0 Å². The molecule has 5 atom stereocenters. The predicted octanol–water partition coefficient (Wildman–Crippen LogP) is 4.10. The molecule has 0 bridgehead atoms. The molecule has 0 spiro atoms. The second-order valence-electron chi connectivity index (χ2n) is 9.27. The predicted molar refractivity (Wildman–Crippen MR) is 92.5 cm³/mol. The molecule has 0 radical (unpaired) electrons. The van der Waals surface area contributed by atoms with E-state index >= 15 is 0 Å². The maximum atomic E-state index is 12.6.